The lowest BCUT2D eigenvalue weighted by molar-refractivity contribution is -0.140. The van der Waals surface area contributed by atoms with E-state index in [1.165, 1.54) is 0 Å². The van der Waals surface area contributed by atoms with Gasteiger partial charge in [0.25, 0.3) is 0 Å². The number of likely N-dealkylation sites (tertiary alicyclic amines) is 1. The molecule has 1 fully saturated rings. The van der Waals surface area contributed by atoms with E-state index in [0.29, 0.717) is 25.9 Å². The van der Waals surface area contributed by atoms with Crippen LogP contribution in [-0.2, 0) is 18.7 Å². The fraction of sp³-hybridized carbons (Fsp3) is 0.850. The molecular formula is C20H38N2O7Si. The normalized spacial score (nSPS) is 17.3. The predicted octanol–water partition coefficient (Wildman–Crippen LogP) is 3.59. The molecule has 1 saturated heterocycles. The first kappa shape index (κ1) is 26.2. The molecule has 30 heavy (non-hydrogen) atoms. The average Bonchev–Trinajstić information content (AvgIpc) is 2.56. The van der Waals surface area contributed by atoms with Crippen molar-refractivity contribution in [3.05, 3.63) is 0 Å². The van der Waals surface area contributed by atoms with Crippen molar-refractivity contribution in [1.82, 2.24) is 10.2 Å². The van der Waals surface area contributed by atoms with Gasteiger partial charge in [0.2, 0.25) is 0 Å². The van der Waals surface area contributed by atoms with E-state index in [2.05, 4.69) is 26.1 Å². The van der Waals surface area contributed by atoms with Gasteiger partial charge in [-0.25, -0.2) is 14.4 Å². The van der Waals surface area contributed by atoms with Crippen LogP contribution in [0.2, 0.25) is 18.1 Å². The Bertz CT molecular complexity index is 618. The van der Waals surface area contributed by atoms with Crippen molar-refractivity contribution in [3.8, 4) is 0 Å². The van der Waals surface area contributed by atoms with Gasteiger partial charge in [-0.2, -0.15) is 0 Å². The van der Waals surface area contributed by atoms with Gasteiger partial charge >= 0.3 is 18.2 Å². The van der Waals surface area contributed by atoms with E-state index < -0.39 is 32.0 Å². The van der Waals surface area contributed by atoms with Crippen molar-refractivity contribution < 1.29 is 33.4 Å². The maximum atomic E-state index is 12.2. The van der Waals surface area contributed by atoms with Crippen LogP contribution in [0.4, 0.5) is 9.59 Å². The van der Waals surface area contributed by atoms with Crippen LogP contribution in [0, 0.1) is 0 Å². The van der Waals surface area contributed by atoms with Gasteiger partial charge in [0.05, 0.1) is 6.61 Å². The van der Waals surface area contributed by atoms with Crippen LogP contribution in [0.15, 0.2) is 0 Å². The number of aliphatic carboxylic acids is 1. The highest BCUT2D eigenvalue weighted by atomic mass is 28.4. The molecule has 0 spiro atoms. The van der Waals surface area contributed by atoms with E-state index in [9.17, 15) is 19.5 Å². The van der Waals surface area contributed by atoms with E-state index in [-0.39, 0.29) is 23.8 Å². The molecule has 2 amide bonds. The van der Waals surface area contributed by atoms with Gasteiger partial charge in [-0.15, -0.1) is 0 Å². The van der Waals surface area contributed by atoms with Crippen LogP contribution in [0.1, 0.15) is 54.4 Å². The number of carboxylic acids is 1. The number of amides is 2. The third kappa shape index (κ3) is 8.51. The van der Waals surface area contributed by atoms with Crippen LogP contribution in [0.25, 0.3) is 0 Å². The van der Waals surface area contributed by atoms with E-state index in [1.807, 2.05) is 13.1 Å². The summed E-state index contributed by atoms with van der Waals surface area (Å²) >= 11 is 0. The van der Waals surface area contributed by atoms with Gasteiger partial charge in [0.1, 0.15) is 11.7 Å². The molecule has 0 aliphatic carbocycles. The highest BCUT2D eigenvalue weighted by Crippen LogP contribution is 2.36. The Hall–Kier alpha value is -1.81. The highest BCUT2D eigenvalue weighted by Gasteiger charge is 2.38. The summed E-state index contributed by atoms with van der Waals surface area (Å²) in [6.45, 7) is 16.3. The van der Waals surface area contributed by atoms with Crippen molar-refractivity contribution in [3.63, 3.8) is 0 Å². The Labute approximate surface area is 180 Å². The number of hydrogen-bond acceptors (Lipinski definition) is 6. The number of piperidine rings is 1. The average molecular weight is 447 g/mol. The maximum absolute atomic E-state index is 12.2. The lowest BCUT2D eigenvalue weighted by Crippen LogP contribution is -2.50. The summed E-state index contributed by atoms with van der Waals surface area (Å²) in [6, 6.07) is -1.19. The van der Waals surface area contributed by atoms with Crippen LogP contribution < -0.4 is 5.32 Å². The number of alkyl carbamates (subject to hydrolysis) is 1. The summed E-state index contributed by atoms with van der Waals surface area (Å²) in [7, 11) is -2.15. The van der Waals surface area contributed by atoms with Gasteiger partial charge < -0.3 is 29.2 Å². The Balaban J connectivity index is 2.50. The van der Waals surface area contributed by atoms with Crippen LogP contribution in [-0.4, -0.2) is 73.9 Å². The first-order valence-corrected chi connectivity index (χ1v) is 13.2. The van der Waals surface area contributed by atoms with E-state index in [1.54, 1.807) is 25.7 Å². The number of carbonyl (C=O) groups excluding carboxylic acids is 2. The van der Waals surface area contributed by atoms with Gasteiger partial charge in [0, 0.05) is 25.9 Å². The summed E-state index contributed by atoms with van der Waals surface area (Å²) < 4.78 is 16.6. The fourth-order valence-electron chi connectivity index (χ4n) is 2.49. The second-order valence-electron chi connectivity index (χ2n) is 10.2. The maximum Gasteiger partial charge on any atom is 0.410 e. The molecular weight excluding hydrogens is 408 g/mol. The third-order valence-electron chi connectivity index (χ3n) is 5.37. The molecule has 1 aliphatic rings. The Morgan fingerprint density at radius 3 is 2.07 bits per heavy atom. The van der Waals surface area contributed by atoms with Crippen LogP contribution in [0.3, 0.4) is 0 Å². The lowest BCUT2D eigenvalue weighted by atomic mass is 10.1. The second-order valence-corrected chi connectivity index (χ2v) is 15.0. The van der Waals surface area contributed by atoms with E-state index in [0.717, 1.165) is 0 Å². The first-order chi connectivity index (χ1) is 13.5. The zero-order chi connectivity index (χ0) is 23.3. The number of hydrogen-bond donors (Lipinski definition) is 2. The minimum atomic E-state index is -2.15. The van der Waals surface area contributed by atoms with Crippen molar-refractivity contribution in [2.75, 3.05) is 19.7 Å². The quantitative estimate of drug-likeness (QED) is 0.599. The molecule has 1 unspecified atom stereocenters. The molecule has 0 aromatic rings. The summed E-state index contributed by atoms with van der Waals surface area (Å²) in [6.07, 6.45) is -0.647. The van der Waals surface area contributed by atoms with E-state index in [4.69, 9.17) is 13.9 Å². The largest absolute Gasteiger partial charge is 0.480 e. The van der Waals surface area contributed by atoms with Crippen molar-refractivity contribution in [2.24, 2.45) is 0 Å². The molecule has 1 atom stereocenters. The number of rotatable bonds is 6. The number of ether oxygens (including phenoxy) is 2. The van der Waals surface area contributed by atoms with Crippen molar-refractivity contribution >= 4 is 26.5 Å². The SMILES string of the molecule is CC(C)(C)OC(=O)N1CCC(OC(=O)NC(CO[Si](C)(C)C(C)(C)C)C(=O)O)CC1. The molecule has 9 nitrogen and oxygen atoms in total. The van der Waals surface area contributed by atoms with Crippen molar-refractivity contribution in [1.29, 1.82) is 0 Å². The third-order valence-corrected chi connectivity index (χ3v) is 9.88. The highest BCUT2D eigenvalue weighted by molar-refractivity contribution is 6.74. The lowest BCUT2D eigenvalue weighted by Gasteiger charge is -2.37. The Morgan fingerprint density at radius 1 is 1.10 bits per heavy atom. The molecule has 1 aliphatic heterocycles. The van der Waals surface area contributed by atoms with Gasteiger partial charge in [-0.3, -0.25) is 0 Å². The molecule has 0 saturated carbocycles. The van der Waals surface area contributed by atoms with Crippen LogP contribution >= 0.6 is 0 Å². The summed E-state index contributed by atoms with van der Waals surface area (Å²) in [5.74, 6) is -1.18. The van der Waals surface area contributed by atoms with Gasteiger partial charge in [-0.05, 0) is 38.9 Å². The minimum Gasteiger partial charge on any atom is -0.480 e. The molecule has 0 aromatic heterocycles. The van der Waals surface area contributed by atoms with Crippen LogP contribution in [0.5, 0.6) is 0 Å². The minimum absolute atomic E-state index is 0.0708. The standard InChI is InChI=1S/C20H38N2O7Si/c1-19(2,3)29-18(26)22-11-9-14(10-12-22)28-17(25)21-15(16(23)24)13-27-30(7,8)20(4,5)6/h14-15H,9-13H2,1-8H3,(H,21,25)(H,23,24). The summed E-state index contributed by atoms with van der Waals surface area (Å²) in [5, 5.41) is 11.7. The number of carboxylic acid groups (broad SMARTS) is 1. The molecule has 0 radical (unpaired) electrons. The zero-order valence-electron chi connectivity index (χ0n) is 19.5. The monoisotopic (exact) mass is 446 g/mol. The summed E-state index contributed by atoms with van der Waals surface area (Å²) in [4.78, 5) is 37.4. The molecule has 10 heteroatoms. The number of nitrogens with one attached hydrogen (secondary N) is 1. The Kier molecular flexibility index (Phi) is 8.74. The van der Waals surface area contributed by atoms with Gasteiger partial charge in [0.15, 0.2) is 14.4 Å². The molecule has 0 bridgehead atoms. The Morgan fingerprint density at radius 2 is 1.63 bits per heavy atom. The molecule has 174 valence electrons. The molecule has 1 heterocycles. The zero-order valence-corrected chi connectivity index (χ0v) is 20.5. The van der Waals surface area contributed by atoms with Crippen molar-refractivity contribution in [2.45, 2.75) is 90.3 Å². The predicted molar refractivity (Wildman–Crippen MR) is 115 cm³/mol. The topological polar surface area (TPSA) is 114 Å². The smallest absolute Gasteiger partial charge is 0.410 e. The van der Waals surface area contributed by atoms with E-state index >= 15 is 0 Å². The summed E-state index contributed by atoms with van der Waals surface area (Å²) in [5.41, 5.74) is -0.567. The number of carbonyl (C=O) groups is 3. The van der Waals surface area contributed by atoms with Gasteiger partial charge in [-0.1, -0.05) is 20.8 Å². The second kappa shape index (κ2) is 10.00. The molecule has 1 rings (SSSR count). The first-order valence-electron chi connectivity index (χ1n) is 10.3. The molecule has 2 N–H and O–H groups in total. The number of nitrogens with zero attached hydrogens (tertiary/aromatic N) is 1. The fourth-order valence-corrected chi connectivity index (χ4v) is 3.51. The molecule has 0 aromatic carbocycles.